The van der Waals surface area contributed by atoms with Crippen molar-refractivity contribution in [1.82, 2.24) is 0 Å². The fourth-order valence-electron chi connectivity index (χ4n) is 1.50. The van der Waals surface area contributed by atoms with Crippen molar-refractivity contribution in [2.24, 2.45) is 0 Å². The van der Waals surface area contributed by atoms with Crippen molar-refractivity contribution in [2.45, 2.75) is 0 Å². The molecule has 2 rings (SSSR count). The highest BCUT2D eigenvalue weighted by Crippen LogP contribution is 2.14. The van der Waals surface area contributed by atoms with Crippen molar-refractivity contribution in [3.05, 3.63) is 70.8 Å². The van der Waals surface area contributed by atoms with E-state index in [1.54, 1.807) is 30.3 Å². The number of carbonyl (C=O) groups excluding carboxylic acids is 1. The molecule has 0 heterocycles. The first-order valence-electron chi connectivity index (χ1n) is 5.42. The van der Waals surface area contributed by atoms with E-state index >= 15 is 0 Å². The third-order valence-electron chi connectivity index (χ3n) is 2.43. The molecule has 0 bridgehead atoms. The van der Waals surface area contributed by atoms with Crippen LogP contribution in [0.1, 0.15) is 15.9 Å². The third-order valence-corrected chi connectivity index (χ3v) is 2.66. The number of phenols is 1. The van der Waals surface area contributed by atoms with Crippen LogP contribution in [0.5, 0.6) is 5.75 Å². The van der Waals surface area contributed by atoms with Crippen LogP contribution in [-0.2, 0) is 0 Å². The second-order valence-corrected chi connectivity index (χ2v) is 4.24. The normalized spacial score (nSPS) is 10.7. The smallest absolute Gasteiger partial charge is 0.185 e. The molecule has 2 nitrogen and oxygen atoms in total. The summed E-state index contributed by atoms with van der Waals surface area (Å²) in [5.41, 5.74) is 1.40. The molecular formula is C15H11ClO2. The Labute approximate surface area is 110 Å². The molecule has 0 unspecified atom stereocenters. The van der Waals surface area contributed by atoms with Gasteiger partial charge in [-0.25, -0.2) is 0 Å². The zero-order valence-electron chi connectivity index (χ0n) is 9.51. The second kappa shape index (κ2) is 5.52. The van der Waals surface area contributed by atoms with Gasteiger partial charge >= 0.3 is 0 Å². The van der Waals surface area contributed by atoms with E-state index in [1.165, 1.54) is 18.2 Å². The number of hydrogen-bond acceptors (Lipinski definition) is 2. The Balaban J connectivity index is 2.14. The Bertz CT molecular complexity index is 586. The molecule has 0 aliphatic rings. The molecule has 0 aliphatic carbocycles. The van der Waals surface area contributed by atoms with Crippen molar-refractivity contribution >= 4 is 23.5 Å². The molecular weight excluding hydrogens is 248 g/mol. The third kappa shape index (κ3) is 3.22. The van der Waals surface area contributed by atoms with E-state index in [0.29, 0.717) is 10.6 Å². The molecule has 18 heavy (non-hydrogen) atoms. The van der Waals surface area contributed by atoms with Gasteiger partial charge in [0.05, 0.1) is 0 Å². The lowest BCUT2D eigenvalue weighted by atomic mass is 10.1. The minimum Gasteiger partial charge on any atom is -0.508 e. The van der Waals surface area contributed by atoms with E-state index in [1.807, 2.05) is 12.1 Å². The van der Waals surface area contributed by atoms with Gasteiger partial charge < -0.3 is 5.11 Å². The van der Waals surface area contributed by atoms with Gasteiger partial charge in [0.15, 0.2) is 5.78 Å². The first kappa shape index (κ1) is 12.4. The highest BCUT2D eigenvalue weighted by atomic mass is 35.5. The molecule has 1 N–H and O–H groups in total. The maximum absolute atomic E-state index is 11.8. The van der Waals surface area contributed by atoms with Gasteiger partial charge in [0.25, 0.3) is 0 Å². The number of benzene rings is 2. The maximum atomic E-state index is 11.8. The van der Waals surface area contributed by atoms with Gasteiger partial charge in [0, 0.05) is 10.6 Å². The fraction of sp³-hybridized carbons (Fsp3) is 0. The quantitative estimate of drug-likeness (QED) is 0.669. The zero-order valence-corrected chi connectivity index (χ0v) is 10.3. The molecule has 2 aromatic carbocycles. The Kier molecular flexibility index (Phi) is 3.80. The van der Waals surface area contributed by atoms with Crippen LogP contribution in [0.25, 0.3) is 6.08 Å². The molecule has 0 spiro atoms. The lowest BCUT2D eigenvalue weighted by Crippen LogP contribution is -1.92. The molecule has 0 aromatic heterocycles. The van der Waals surface area contributed by atoms with E-state index in [9.17, 15) is 4.79 Å². The molecule has 0 radical (unpaired) electrons. The maximum Gasteiger partial charge on any atom is 0.185 e. The van der Waals surface area contributed by atoms with Crippen molar-refractivity contribution in [3.63, 3.8) is 0 Å². The van der Waals surface area contributed by atoms with Crippen LogP contribution < -0.4 is 0 Å². The molecule has 0 fully saturated rings. The summed E-state index contributed by atoms with van der Waals surface area (Å²) in [5, 5.41) is 9.77. The number of rotatable bonds is 3. The second-order valence-electron chi connectivity index (χ2n) is 3.80. The van der Waals surface area contributed by atoms with Gasteiger partial charge in [-0.3, -0.25) is 4.79 Å². The number of aromatic hydroxyl groups is 1. The summed E-state index contributed by atoms with van der Waals surface area (Å²) < 4.78 is 0. The summed E-state index contributed by atoms with van der Waals surface area (Å²) in [5.74, 6) is 0.0281. The lowest BCUT2D eigenvalue weighted by molar-refractivity contribution is 0.104. The summed E-state index contributed by atoms with van der Waals surface area (Å²) in [4.78, 5) is 11.8. The molecule has 0 atom stereocenters. The SMILES string of the molecule is O=C(C=Cc1cccc(Cl)c1)c1ccc(O)cc1. The standard InChI is InChI=1S/C15H11ClO2/c16-13-3-1-2-11(10-13)4-9-15(18)12-5-7-14(17)8-6-12/h1-10,17H. The van der Waals surface area contributed by atoms with Gasteiger partial charge in [-0.2, -0.15) is 0 Å². The van der Waals surface area contributed by atoms with Crippen LogP contribution in [-0.4, -0.2) is 10.9 Å². The number of phenolic OH excluding ortho intramolecular Hbond substituents is 1. The predicted molar refractivity (Wildman–Crippen MR) is 72.9 cm³/mol. The molecule has 0 aliphatic heterocycles. The Hall–Kier alpha value is -2.06. The Morgan fingerprint density at radius 2 is 1.83 bits per heavy atom. The predicted octanol–water partition coefficient (Wildman–Crippen LogP) is 3.94. The molecule has 90 valence electrons. The van der Waals surface area contributed by atoms with E-state index in [4.69, 9.17) is 16.7 Å². The van der Waals surface area contributed by atoms with Crippen molar-refractivity contribution in [3.8, 4) is 5.75 Å². The number of ketones is 1. The van der Waals surface area contributed by atoms with Crippen LogP contribution in [0.3, 0.4) is 0 Å². The van der Waals surface area contributed by atoms with Gasteiger partial charge in [-0.1, -0.05) is 29.8 Å². The highest BCUT2D eigenvalue weighted by Gasteiger charge is 2.01. The lowest BCUT2D eigenvalue weighted by Gasteiger charge is -1.97. The number of halogens is 1. The van der Waals surface area contributed by atoms with Gasteiger partial charge in [0.2, 0.25) is 0 Å². The largest absolute Gasteiger partial charge is 0.508 e. The zero-order chi connectivity index (χ0) is 13.0. The molecule has 0 amide bonds. The average molecular weight is 259 g/mol. The highest BCUT2D eigenvalue weighted by molar-refractivity contribution is 6.30. The van der Waals surface area contributed by atoms with E-state index in [0.717, 1.165) is 5.56 Å². The van der Waals surface area contributed by atoms with E-state index < -0.39 is 0 Å². The number of hydrogen-bond donors (Lipinski definition) is 1. The Morgan fingerprint density at radius 1 is 1.11 bits per heavy atom. The van der Waals surface area contributed by atoms with Crippen LogP contribution in [0.2, 0.25) is 5.02 Å². The Morgan fingerprint density at radius 3 is 2.50 bits per heavy atom. The average Bonchev–Trinajstić information content (AvgIpc) is 2.37. The van der Waals surface area contributed by atoms with Crippen LogP contribution >= 0.6 is 11.6 Å². The summed E-state index contributed by atoms with van der Waals surface area (Å²) in [7, 11) is 0. The molecule has 2 aromatic rings. The first-order valence-corrected chi connectivity index (χ1v) is 5.80. The van der Waals surface area contributed by atoms with Gasteiger partial charge in [-0.15, -0.1) is 0 Å². The summed E-state index contributed by atoms with van der Waals surface area (Å²) >= 11 is 5.85. The van der Waals surface area contributed by atoms with Gasteiger partial charge in [0.1, 0.15) is 5.75 Å². The molecule has 0 saturated heterocycles. The van der Waals surface area contributed by atoms with Crippen LogP contribution in [0.15, 0.2) is 54.6 Å². The minimum atomic E-state index is -0.116. The van der Waals surface area contributed by atoms with E-state index in [2.05, 4.69) is 0 Å². The summed E-state index contributed by atoms with van der Waals surface area (Å²) in [6, 6.07) is 13.4. The van der Waals surface area contributed by atoms with Crippen molar-refractivity contribution in [2.75, 3.05) is 0 Å². The molecule has 0 saturated carbocycles. The van der Waals surface area contributed by atoms with E-state index in [-0.39, 0.29) is 11.5 Å². The summed E-state index contributed by atoms with van der Waals surface area (Å²) in [6.45, 7) is 0. The summed E-state index contributed by atoms with van der Waals surface area (Å²) in [6.07, 6.45) is 3.19. The topological polar surface area (TPSA) is 37.3 Å². The molecule has 3 heteroatoms. The van der Waals surface area contributed by atoms with Crippen LogP contribution in [0.4, 0.5) is 0 Å². The number of carbonyl (C=O) groups is 1. The minimum absolute atomic E-state index is 0.116. The monoisotopic (exact) mass is 258 g/mol. The first-order chi connectivity index (χ1) is 8.65. The fourth-order valence-corrected chi connectivity index (χ4v) is 1.70. The van der Waals surface area contributed by atoms with Crippen molar-refractivity contribution in [1.29, 1.82) is 0 Å². The number of allylic oxidation sites excluding steroid dienone is 1. The van der Waals surface area contributed by atoms with Gasteiger partial charge in [-0.05, 0) is 48.0 Å². The van der Waals surface area contributed by atoms with Crippen LogP contribution in [0, 0.1) is 0 Å². The van der Waals surface area contributed by atoms with Crippen molar-refractivity contribution < 1.29 is 9.90 Å².